The maximum Gasteiger partial charge on any atom is -0.0195 e. The third-order valence-corrected chi connectivity index (χ3v) is 1.22. The monoisotopic (exact) mass is 173 g/mol. The van der Waals surface area contributed by atoms with Crippen molar-refractivity contribution in [3.63, 3.8) is 0 Å². The minimum absolute atomic E-state index is 0. The molecule has 1 aromatic carbocycles. The van der Waals surface area contributed by atoms with Crippen molar-refractivity contribution in [2.45, 2.75) is 13.8 Å². The molecule has 0 saturated heterocycles. The Labute approximate surface area is 75.0 Å². The second kappa shape index (κ2) is 7.58. The maximum absolute atomic E-state index is 4.50. The molecule has 11 heavy (non-hydrogen) atoms. The van der Waals surface area contributed by atoms with Crippen molar-refractivity contribution in [2.24, 2.45) is 5.73 Å². The third-order valence-electron chi connectivity index (χ3n) is 1.22. The van der Waals surface area contributed by atoms with E-state index in [1.54, 1.807) is 0 Å². The van der Waals surface area contributed by atoms with Crippen molar-refractivity contribution in [1.29, 1.82) is 0 Å². The van der Waals surface area contributed by atoms with E-state index in [9.17, 15) is 0 Å². The average Bonchev–Trinajstić information content (AvgIpc) is 2.00. The zero-order valence-corrected chi connectivity index (χ0v) is 8.11. The molecular formula is C9H16ClN. The van der Waals surface area contributed by atoms with Crippen molar-refractivity contribution in [3.8, 4) is 0 Å². The molecule has 0 spiro atoms. The molecule has 2 heteroatoms. The largest absolute Gasteiger partial charge is 0.333 e. The van der Waals surface area contributed by atoms with E-state index in [0.717, 1.165) is 0 Å². The molecule has 0 fully saturated rings. The minimum atomic E-state index is 0. The number of halogens is 1. The summed E-state index contributed by atoms with van der Waals surface area (Å²) in [4.78, 5) is 0. The summed E-state index contributed by atoms with van der Waals surface area (Å²) in [6.45, 7) is 4.19. The van der Waals surface area contributed by atoms with Gasteiger partial charge in [0.05, 0.1) is 0 Å². The van der Waals surface area contributed by atoms with Gasteiger partial charge in [0.1, 0.15) is 0 Å². The first-order valence-electron chi connectivity index (χ1n) is 3.40. The van der Waals surface area contributed by atoms with E-state index in [2.05, 4.69) is 43.8 Å². The highest BCUT2D eigenvalue weighted by Gasteiger charge is 1.79. The Morgan fingerprint density at radius 3 is 1.18 bits per heavy atom. The average molecular weight is 174 g/mol. The summed E-state index contributed by atoms with van der Waals surface area (Å²) in [5.41, 5.74) is 7.16. The maximum atomic E-state index is 4.50. The first-order valence-corrected chi connectivity index (χ1v) is 3.40. The molecule has 0 unspecified atom stereocenters. The molecule has 1 rings (SSSR count). The molecule has 1 nitrogen and oxygen atoms in total. The van der Waals surface area contributed by atoms with Crippen molar-refractivity contribution >= 4 is 12.4 Å². The number of hydrogen-bond acceptors (Lipinski definition) is 1. The van der Waals surface area contributed by atoms with Crippen LogP contribution in [0.15, 0.2) is 24.3 Å². The predicted octanol–water partition coefficient (Wildman–Crippen LogP) is 2.30. The first-order chi connectivity index (χ1) is 4.79. The Kier molecular flexibility index (Phi) is 9.01. The van der Waals surface area contributed by atoms with E-state index >= 15 is 0 Å². The van der Waals surface area contributed by atoms with Gasteiger partial charge in [0.25, 0.3) is 0 Å². The minimum Gasteiger partial charge on any atom is -0.333 e. The lowest BCUT2D eigenvalue weighted by Crippen LogP contribution is -1.70. The molecule has 2 N–H and O–H groups in total. The smallest absolute Gasteiger partial charge is 0.0195 e. The second-order valence-electron chi connectivity index (χ2n) is 2.15. The Balaban J connectivity index is 0. The molecule has 0 radical (unpaired) electrons. The van der Waals surface area contributed by atoms with Crippen LogP contribution in [0.5, 0.6) is 0 Å². The number of hydrogen-bond donors (Lipinski definition) is 1. The molecule has 0 aromatic heterocycles. The number of aryl methyl sites for hydroxylation is 2. The summed E-state index contributed by atoms with van der Waals surface area (Å²) >= 11 is 0. The molecule has 0 amide bonds. The van der Waals surface area contributed by atoms with Crippen LogP contribution in [0.4, 0.5) is 0 Å². The molecule has 1 aromatic rings. The van der Waals surface area contributed by atoms with Crippen molar-refractivity contribution in [3.05, 3.63) is 35.4 Å². The summed E-state index contributed by atoms with van der Waals surface area (Å²) in [7, 11) is 1.50. The fourth-order valence-electron chi connectivity index (χ4n) is 0.637. The molecule has 0 saturated carbocycles. The number of rotatable bonds is 0. The van der Waals surface area contributed by atoms with Gasteiger partial charge in [-0.25, -0.2) is 0 Å². The fraction of sp³-hybridized carbons (Fsp3) is 0.333. The van der Waals surface area contributed by atoms with Crippen LogP contribution in [0.3, 0.4) is 0 Å². The van der Waals surface area contributed by atoms with Crippen LogP contribution in [0.1, 0.15) is 11.1 Å². The van der Waals surface area contributed by atoms with Gasteiger partial charge in [0, 0.05) is 0 Å². The summed E-state index contributed by atoms with van der Waals surface area (Å²) in [6.07, 6.45) is 0. The predicted molar refractivity (Wildman–Crippen MR) is 53.3 cm³/mol. The van der Waals surface area contributed by atoms with E-state index in [-0.39, 0.29) is 12.4 Å². The van der Waals surface area contributed by atoms with Gasteiger partial charge in [0.2, 0.25) is 0 Å². The Morgan fingerprint density at radius 2 is 1.00 bits per heavy atom. The topological polar surface area (TPSA) is 26.0 Å². The van der Waals surface area contributed by atoms with E-state index in [1.807, 2.05) is 0 Å². The van der Waals surface area contributed by atoms with Gasteiger partial charge in [-0.2, -0.15) is 0 Å². The van der Waals surface area contributed by atoms with Crippen LogP contribution in [-0.2, 0) is 0 Å². The Hall–Kier alpha value is -0.530. The lowest BCUT2D eigenvalue weighted by atomic mass is 10.2. The zero-order valence-electron chi connectivity index (χ0n) is 7.29. The van der Waals surface area contributed by atoms with E-state index in [0.29, 0.717) is 0 Å². The van der Waals surface area contributed by atoms with Gasteiger partial charge in [0.15, 0.2) is 0 Å². The van der Waals surface area contributed by atoms with Gasteiger partial charge >= 0.3 is 0 Å². The molecule has 64 valence electrons. The van der Waals surface area contributed by atoms with Crippen LogP contribution >= 0.6 is 12.4 Å². The summed E-state index contributed by atoms with van der Waals surface area (Å²) in [5, 5.41) is 0. The van der Waals surface area contributed by atoms with Gasteiger partial charge in [-0.3, -0.25) is 0 Å². The van der Waals surface area contributed by atoms with E-state index in [4.69, 9.17) is 0 Å². The number of benzene rings is 1. The molecule has 0 aliphatic heterocycles. The quantitative estimate of drug-likeness (QED) is 0.640. The molecule has 0 aliphatic rings. The standard InChI is InChI=1S/C8H10.CH5N.ClH/c1-7-3-5-8(2)6-4-7;1-2;/h3-6H,1-2H3;2H2,1H3;1H. The van der Waals surface area contributed by atoms with Crippen molar-refractivity contribution < 1.29 is 0 Å². The number of nitrogens with two attached hydrogens (primary N) is 1. The van der Waals surface area contributed by atoms with Gasteiger partial charge in [-0.15, -0.1) is 12.4 Å². The van der Waals surface area contributed by atoms with Crippen LogP contribution in [0, 0.1) is 13.8 Å². The normalized spacial score (nSPS) is 7.27. The van der Waals surface area contributed by atoms with E-state index in [1.165, 1.54) is 18.2 Å². The highest BCUT2D eigenvalue weighted by molar-refractivity contribution is 5.85. The van der Waals surface area contributed by atoms with Crippen molar-refractivity contribution in [1.82, 2.24) is 0 Å². The lowest BCUT2D eigenvalue weighted by molar-refractivity contribution is 1.40. The Morgan fingerprint density at radius 1 is 0.818 bits per heavy atom. The van der Waals surface area contributed by atoms with Crippen LogP contribution in [0.25, 0.3) is 0 Å². The highest BCUT2D eigenvalue weighted by atomic mass is 35.5. The summed E-state index contributed by atoms with van der Waals surface area (Å²) in [5.74, 6) is 0. The Bertz CT molecular complexity index is 148. The third kappa shape index (κ3) is 5.89. The molecule has 0 bridgehead atoms. The van der Waals surface area contributed by atoms with Crippen LogP contribution < -0.4 is 5.73 Å². The molecule has 0 atom stereocenters. The highest BCUT2D eigenvalue weighted by Crippen LogP contribution is 1.99. The zero-order chi connectivity index (χ0) is 7.98. The molecular weight excluding hydrogens is 158 g/mol. The lowest BCUT2D eigenvalue weighted by Gasteiger charge is -1.90. The van der Waals surface area contributed by atoms with Crippen LogP contribution in [-0.4, -0.2) is 7.05 Å². The first kappa shape index (κ1) is 13.1. The summed E-state index contributed by atoms with van der Waals surface area (Å²) in [6, 6.07) is 8.48. The molecule has 0 heterocycles. The second-order valence-corrected chi connectivity index (χ2v) is 2.15. The summed E-state index contributed by atoms with van der Waals surface area (Å²) < 4.78 is 0. The SMILES string of the molecule is CN.Cc1ccc(C)cc1.Cl. The molecule has 0 aliphatic carbocycles. The van der Waals surface area contributed by atoms with Gasteiger partial charge < -0.3 is 5.73 Å². The van der Waals surface area contributed by atoms with E-state index < -0.39 is 0 Å². The van der Waals surface area contributed by atoms with Gasteiger partial charge in [-0.1, -0.05) is 35.4 Å². The fourth-order valence-corrected chi connectivity index (χ4v) is 0.637. The van der Waals surface area contributed by atoms with Crippen molar-refractivity contribution in [2.75, 3.05) is 7.05 Å². The van der Waals surface area contributed by atoms with Gasteiger partial charge in [-0.05, 0) is 20.9 Å². The van der Waals surface area contributed by atoms with Crippen LogP contribution in [0.2, 0.25) is 0 Å².